The van der Waals surface area contributed by atoms with Crippen molar-refractivity contribution >= 4 is 15.9 Å². The van der Waals surface area contributed by atoms with Crippen LogP contribution in [-0.2, 0) is 10.0 Å². The molecule has 1 rings (SSSR count). The Morgan fingerprint density at radius 2 is 1.90 bits per heavy atom. The number of rotatable bonds is 5. The molecule has 0 aliphatic heterocycles. The highest BCUT2D eigenvalue weighted by atomic mass is 32.2. The molecule has 0 aliphatic rings. The second-order valence-corrected chi connectivity index (χ2v) is 7.19. The van der Waals surface area contributed by atoms with E-state index in [0.717, 1.165) is 12.0 Å². The Balaban J connectivity index is 3.20. The molecule has 5 nitrogen and oxygen atoms in total. The highest BCUT2D eigenvalue weighted by Gasteiger charge is 2.20. The lowest BCUT2D eigenvalue weighted by molar-refractivity contribution is 0.0774. The Morgan fingerprint density at radius 1 is 1.33 bits per heavy atom. The molecule has 0 fully saturated rings. The molecule has 118 valence electrons. The van der Waals surface area contributed by atoms with Gasteiger partial charge in [-0.15, -0.1) is 0 Å². The molecular formula is C15H24N2O3S. The molecule has 2 N–H and O–H groups in total. The van der Waals surface area contributed by atoms with Crippen LogP contribution in [0.5, 0.6) is 0 Å². The molecule has 0 saturated carbocycles. The average molecular weight is 312 g/mol. The van der Waals surface area contributed by atoms with Crippen molar-refractivity contribution < 1.29 is 13.2 Å². The van der Waals surface area contributed by atoms with E-state index in [1.807, 2.05) is 0 Å². The van der Waals surface area contributed by atoms with Gasteiger partial charge in [0.15, 0.2) is 0 Å². The van der Waals surface area contributed by atoms with Crippen LogP contribution < -0.4 is 5.14 Å². The number of amides is 1. The van der Waals surface area contributed by atoms with E-state index in [1.165, 1.54) is 6.07 Å². The number of nitrogens with zero attached hydrogens (tertiary/aromatic N) is 1. The first-order valence-electron chi connectivity index (χ1n) is 6.97. The van der Waals surface area contributed by atoms with E-state index in [2.05, 4.69) is 13.8 Å². The number of aryl methyl sites for hydroxylation is 1. The van der Waals surface area contributed by atoms with Gasteiger partial charge in [0.2, 0.25) is 10.0 Å². The molecule has 1 aromatic rings. The lowest BCUT2D eigenvalue weighted by Crippen LogP contribution is -2.31. The van der Waals surface area contributed by atoms with Gasteiger partial charge in [-0.25, -0.2) is 13.6 Å². The van der Waals surface area contributed by atoms with Crippen molar-refractivity contribution in [1.29, 1.82) is 0 Å². The minimum atomic E-state index is -3.84. The van der Waals surface area contributed by atoms with Gasteiger partial charge in [0.25, 0.3) is 5.91 Å². The monoisotopic (exact) mass is 312 g/mol. The van der Waals surface area contributed by atoms with Gasteiger partial charge in [-0.2, -0.15) is 0 Å². The molecule has 0 aromatic heterocycles. The summed E-state index contributed by atoms with van der Waals surface area (Å²) in [6, 6.07) is 3.08. The largest absolute Gasteiger partial charge is 0.341 e. The highest BCUT2D eigenvalue weighted by molar-refractivity contribution is 7.89. The number of benzene rings is 1. The maximum absolute atomic E-state index is 12.4. The summed E-state index contributed by atoms with van der Waals surface area (Å²) in [4.78, 5) is 14.1. The molecule has 0 spiro atoms. The van der Waals surface area contributed by atoms with Gasteiger partial charge >= 0.3 is 0 Å². The fraction of sp³-hybridized carbons (Fsp3) is 0.533. The molecule has 0 radical (unpaired) electrons. The summed E-state index contributed by atoms with van der Waals surface area (Å²) in [5.74, 6) is 0.200. The first kappa shape index (κ1) is 17.7. The van der Waals surface area contributed by atoms with Crippen LogP contribution in [0.15, 0.2) is 17.0 Å². The van der Waals surface area contributed by atoms with E-state index >= 15 is 0 Å². The number of hydrogen-bond donors (Lipinski definition) is 1. The maximum Gasteiger partial charge on any atom is 0.253 e. The molecule has 0 bridgehead atoms. The summed E-state index contributed by atoms with van der Waals surface area (Å²) >= 11 is 0. The molecule has 6 heteroatoms. The van der Waals surface area contributed by atoms with E-state index in [4.69, 9.17) is 5.14 Å². The third kappa shape index (κ3) is 4.28. The number of carbonyl (C=O) groups excluding carboxylic acids is 1. The molecule has 21 heavy (non-hydrogen) atoms. The van der Waals surface area contributed by atoms with Crippen molar-refractivity contribution in [2.45, 2.75) is 39.0 Å². The van der Waals surface area contributed by atoms with Crippen molar-refractivity contribution in [2.75, 3.05) is 13.6 Å². The van der Waals surface area contributed by atoms with Gasteiger partial charge in [-0.05, 0) is 43.0 Å². The zero-order chi connectivity index (χ0) is 16.4. The molecule has 0 saturated heterocycles. The highest BCUT2D eigenvalue weighted by Crippen LogP contribution is 2.21. The van der Waals surface area contributed by atoms with Crippen LogP contribution in [0, 0.1) is 19.8 Å². The Kier molecular flexibility index (Phi) is 5.53. The van der Waals surface area contributed by atoms with Crippen LogP contribution in [-0.4, -0.2) is 32.8 Å². The summed E-state index contributed by atoms with van der Waals surface area (Å²) in [7, 11) is -2.11. The normalized spacial score (nSPS) is 13.0. The van der Waals surface area contributed by atoms with Crippen LogP contribution in [0.1, 0.15) is 41.8 Å². The van der Waals surface area contributed by atoms with Crippen LogP contribution in [0.2, 0.25) is 0 Å². The topological polar surface area (TPSA) is 80.5 Å². The summed E-state index contributed by atoms with van der Waals surface area (Å²) in [6.45, 7) is 8.23. The van der Waals surface area contributed by atoms with Crippen LogP contribution in [0.25, 0.3) is 0 Å². The SMILES string of the molecule is CCC(C)CN(C)C(=O)c1cc(C)c(C)c(S(N)(=O)=O)c1. The van der Waals surface area contributed by atoms with E-state index < -0.39 is 10.0 Å². The van der Waals surface area contributed by atoms with Gasteiger partial charge in [-0.3, -0.25) is 4.79 Å². The van der Waals surface area contributed by atoms with Gasteiger partial charge in [-0.1, -0.05) is 20.3 Å². The number of nitrogens with two attached hydrogens (primary N) is 1. The van der Waals surface area contributed by atoms with Crippen LogP contribution in [0.3, 0.4) is 0 Å². The second-order valence-electron chi connectivity index (χ2n) is 5.66. The Bertz CT molecular complexity index is 639. The number of sulfonamides is 1. The van der Waals surface area contributed by atoms with Crippen molar-refractivity contribution in [3.63, 3.8) is 0 Å². The first-order chi connectivity index (χ1) is 9.57. The molecule has 0 heterocycles. The first-order valence-corrected chi connectivity index (χ1v) is 8.52. The molecule has 1 unspecified atom stereocenters. The van der Waals surface area contributed by atoms with Crippen LogP contribution in [0.4, 0.5) is 0 Å². The summed E-state index contributed by atoms with van der Waals surface area (Å²) < 4.78 is 23.3. The number of primary sulfonamides is 1. The Morgan fingerprint density at radius 3 is 2.38 bits per heavy atom. The fourth-order valence-electron chi connectivity index (χ4n) is 2.15. The number of carbonyl (C=O) groups is 1. The van der Waals surface area contributed by atoms with E-state index in [-0.39, 0.29) is 10.8 Å². The van der Waals surface area contributed by atoms with Gasteiger partial charge in [0.05, 0.1) is 4.90 Å². The van der Waals surface area contributed by atoms with Crippen molar-refractivity contribution in [2.24, 2.45) is 11.1 Å². The summed E-state index contributed by atoms with van der Waals surface area (Å²) in [6.07, 6.45) is 0.979. The van der Waals surface area contributed by atoms with Crippen molar-refractivity contribution in [1.82, 2.24) is 4.90 Å². The number of hydrogen-bond acceptors (Lipinski definition) is 3. The smallest absolute Gasteiger partial charge is 0.253 e. The minimum absolute atomic E-state index is 0.0165. The third-order valence-corrected chi connectivity index (χ3v) is 4.84. The van der Waals surface area contributed by atoms with E-state index in [1.54, 1.807) is 31.9 Å². The fourth-order valence-corrected chi connectivity index (χ4v) is 3.02. The molecule has 1 aromatic carbocycles. The Hall–Kier alpha value is -1.40. The molecule has 0 aliphatic carbocycles. The average Bonchev–Trinajstić information content (AvgIpc) is 2.39. The van der Waals surface area contributed by atoms with Gasteiger partial charge < -0.3 is 4.90 Å². The van der Waals surface area contributed by atoms with E-state index in [9.17, 15) is 13.2 Å². The Labute approximate surface area is 127 Å². The predicted molar refractivity (Wildman–Crippen MR) is 83.7 cm³/mol. The third-order valence-electron chi connectivity index (χ3n) is 3.80. The zero-order valence-corrected chi connectivity index (χ0v) is 14.1. The lowest BCUT2D eigenvalue weighted by Gasteiger charge is -2.21. The van der Waals surface area contributed by atoms with Gasteiger partial charge in [0, 0.05) is 19.2 Å². The maximum atomic E-state index is 12.4. The zero-order valence-electron chi connectivity index (χ0n) is 13.3. The van der Waals surface area contributed by atoms with Gasteiger partial charge in [0.1, 0.15) is 0 Å². The lowest BCUT2D eigenvalue weighted by atomic mass is 10.0. The predicted octanol–water partition coefficient (Wildman–Crippen LogP) is 2.07. The van der Waals surface area contributed by atoms with Crippen molar-refractivity contribution in [3.8, 4) is 0 Å². The summed E-state index contributed by atoms with van der Waals surface area (Å²) in [5, 5.41) is 5.22. The molecular weight excluding hydrogens is 288 g/mol. The quantitative estimate of drug-likeness (QED) is 0.903. The van der Waals surface area contributed by atoms with Crippen molar-refractivity contribution in [3.05, 3.63) is 28.8 Å². The van der Waals surface area contributed by atoms with E-state index in [0.29, 0.717) is 23.6 Å². The minimum Gasteiger partial charge on any atom is -0.341 e. The standard InChI is InChI=1S/C15H24N2O3S/c1-6-10(2)9-17(5)15(18)13-7-11(3)12(4)14(8-13)21(16,19)20/h7-8,10H,6,9H2,1-5H3,(H2,16,19,20). The molecule has 1 amide bonds. The van der Waals surface area contributed by atoms with Crippen LogP contribution >= 0.6 is 0 Å². The summed E-state index contributed by atoms with van der Waals surface area (Å²) in [5.41, 5.74) is 1.67. The molecule has 1 atom stereocenters. The second kappa shape index (κ2) is 6.58.